The molecule has 4 heteroatoms. The number of anilines is 2. The van der Waals surface area contributed by atoms with E-state index in [9.17, 15) is 4.79 Å². The molecule has 0 aliphatic rings. The van der Waals surface area contributed by atoms with E-state index in [0.717, 1.165) is 32.5 Å². The number of halogens is 1. The summed E-state index contributed by atoms with van der Waals surface area (Å²) in [5.41, 5.74) is 5.18. The van der Waals surface area contributed by atoms with Crippen LogP contribution in [0.2, 0.25) is 0 Å². The summed E-state index contributed by atoms with van der Waals surface area (Å²) in [6, 6.07) is 11.9. The van der Waals surface area contributed by atoms with E-state index in [1.165, 1.54) is 0 Å². The summed E-state index contributed by atoms with van der Waals surface area (Å²) in [5, 5.41) is 6.14. The van der Waals surface area contributed by atoms with Crippen LogP contribution >= 0.6 is 15.9 Å². The van der Waals surface area contributed by atoms with E-state index < -0.39 is 0 Å². The van der Waals surface area contributed by atoms with Crippen molar-refractivity contribution in [1.29, 1.82) is 0 Å². The number of benzene rings is 2. The molecule has 0 saturated carbocycles. The van der Waals surface area contributed by atoms with Crippen molar-refractivity contribution in [3.8, 4) is 0 Å². The zero-order valence-corrected chi connectivity index (χ0v) is 14.0. The van der Waals surface area contributed by atoms with Gasteiger partial charge in [-0.05, 0) is 55.7 Å². The second-order valence-electron chi connectivity index (χ2n) is 5.13. The normalized spacial score (nSPS) is 10.3. The Kier molecular flexibility index (Phi) is 5.02. The van der Waals surface area contributed by atoms with Gasteiger partial charge in [-0.3, -0.25) is 4.79 Å². The monoisotopic (exact) mass is 346 g/mol. The first-order valence-electron chi connectivity index (χ1n) is 6.83. The Bertz CT molecular complexity index is 648. The molecule has 0 aliphatic heterocycles. The molecule has 0 aromatic heterocycles. The first kappa shape index (κ1) is 15.6. The third kappa shape index (κ3) is 4.08. The van der Waals surface area contributed by atoms with Crippen molar-refractivity contribution >= 4 is 33.2 Å². The van der Waals surface area contributed by atoms with Crippen molar-refractivity contribution in [1.82, 2.24) is 0 Å². The molecule has 1 amide bonds. The lowest BCUT2D eigenvalue weighted by Gasteiger charge is -2.13. The number of carbonyl (C=O) groups excluding carboxylic acids is 1. The molecule has 0 radical (unpaired) electrons. The minimum absolute atomic E-state index is 0.0527. The fourth-order valence-electron chi connectivity index (χ4n) is 2.22. The Labute approximate surface area is 133 Å². The number of hydrogen-bond donors (Lipinski definition) is 2. The number of rotatable bonds is 4. The molecule has 0 heterocycles. The standard InChI is InChI=1S/C17H19BrN2O/c1-11-5-4-6-12(2)17(11)19-10-16(21)20-15-8-7-14(18)9-13(15)3/h4-9,19H,10H2,1-3H3,(H,20,21). The van der Waals surface area contributed by atoms with Gasteiger partial charge >= 0.3 is 0 Å². The van der Waals surface area contributed by atoms with Crippen molar-refractivity contribution < 1.29 is 4.79 Å². The zero-order valence-electron chi connectivity index (χ0n) is 12.5. The number of para-hydroxylation sites is 1. The zero-order chi connectivity index (χ0) is 15.4. The Morgan fingerprint density at radius 3 is 2.33 bits per heavy atom. The summed E-state index contributed by atoms with van der Waals surface area (Å²) in [6.45, 7) is 6.29. The van der Waals surface area contributed by atoms with Crippen LogP contribution in [0.15, 0.2) is 40.9 Å². The highest BCUT2D eigenvalue weighted by Gasteiger charge is 2.07. The van der Waals surface area contributed by atoms with Gasteiger partial charge in [-0.25, -0.2) is 0 Å². The number of carbonyl (C=O) groups is 1. The topological polar surface area (TPSA) is 41.1 Å². The predicted molar refractivity (Wildman–Crippen MR) is 91.9 cm³/mol. The van der Waals surface area contributed by atoms with Gasteiger partial charge in [0.25, 0.3) is 0 Å². The predicted octanol–water partition coefficient (Wildman–Crippen LogP) is 4.42. The molecule has 110 valence electrons. The Morgan fingerprint density at radius 2 is 1.71 bits per heavy atom. The molecule has 2 aromatic rings. The fraction of sp³-hybridized carbons (Fsp3) is 0.235. The number of hydrogen-bond acceptors (Lipinski definition) is 2. The maximum atomic E-state index is 12.1. The van der Waals surface area contributed by atoms with Gasteiger partial charge in [-0.2, -0.15) is 0 Å². The van der Waals surface area contributed by atoms with E-state index in [1.807, 2.05) is 57.2 Å². The van der Waals surface area contributed by atoms with Gasteiger partial charge in [0.1, 0.15) is 0 Å². The lowest BCUT2D eigenvalue weighted by atomic mass is 10.1. The van der Waals surface area contributed by atoms with Crippen molar-refractivity contribution in [2.75, 3.05) is 17.2 Å². The first-order chi connectivity index (χ1) is 9.97. The molecule has 0 spiro atoms. The highest BCUT2D eigenvalue weighted by Crippen LogP contribution is 2.21. The second kappa shape index (κ2) is 6.76. The van der Waals surface area contributed by atoms with Gasteiger partial charge in [0, 0.05) is 15.8 Å². The van der Waals surface area contributed by atoms with Gasteiger partial charge in [-0.1, -0.05) is 34.1 Å². The van der Waals surface area contributed by atoms with Crippen molar-refractivity contribution in [2.24, 2.45) is 0 Å². The van der Waals surface area contributed by atoms with Gasteiger partial charge in [0.15, 0.2) is 0 Å². The SMILES string of the molecule is Cc1cc(Br)ccc1NC(=O)CNc1c(C)cccc1C. The average molecular weight is 347 g/mol. The minimum atomic E-state index is -0.0527. The van der Waals surface area contributed by atoms with Crippen LogP contribution in [0, 0.1) is 20.8 Å². The molecule has 21 heavy (non-hydrogen) atoms. The van der Waals surface area contributed by atoms with Gasteiger partial charge in [0.2, 0.25) is 5.91 Å². The second-order valence-corrected chi connectivity index (χ2v) is 6.04. The van der Waals surface area contributed by atoms with Crippen LogP contribution in [-0.2, 0) is 4.79 Å². The van der Waals surface area contributed by atoms with E-state index >= 15 is 0 Å². The molecule has 0 aliphatic carbocycles. The molecular weight excluding hydrogens is 328 g/mol. The fourth-order valence-corrected chi connectivity index (χ4v) is 2.70. The molecular formula is C17H19BrN2O. The maximum Gasteiger partial charge on any atom is 0.243 e. The van der Waals surface area contributed by atoms with E-state index in [2.05, 4.69) is 26.6 Å². The summed E-state index contributed by atoms with van der Waals surface area (Å²) in [4.78, 5) is 12.1. The quantitative estimate of drug-likeness (QED) is 0.859. The molecule has 2 aromatic carbocycles. The van der Waals surface area contributed by atoms with Gasteiger partial charge in [0.05, 0.1) is 6.54 Å². The van der Waals surface area contributed by atoms with Gasteiger partial charge in [-0.15, -0.1) is 0 Å². The van der Waals surface area contributed by atoms with Crippen molar-refractivity contribution in [3.05, 3.63) is 57.6 Å². The van der Waals surface area contributed by atoms with Crippen LogP contribution in [0.5, 0.6) is 0 Å². The average Bonchev–Trinajstić information content (AvgIpc) is 2.41. The lowest BCUT2D eigenvalue weighted by molar-refractivity contribution is -0.114. The molecule has 0 bridgehead atoms. The van der Waals surface area contributed by atoms with Crippen LogP contribution in [0.1, 0.15) is 16.7 Å². The molecule has 3 nitrogen and oxygen atoms in total. The molecule has 0 atom stereocenters. The molecule has 2 rings (SSSR count). The highest BCUT2D eigenvalue weighted by molar-refractivity contribution is 9.10. The van der Waals surface area contributed by atoms with Crippen LogP contribution in [0.25, 0.3) is 0 Å². The van der Waals surface area contributed by atoms with Crippen LogP contribution < -0.4 is 10.6 Å². The van der Waals surface area contributed by atoms with Crippen molar-refractivity contribution in [2.45, 2.75) is 20.8 Å². The first-order valence-corrected chi connectivity index (χ1v) is 7.63. The maximum absolute atomic E-state index is 12.1. The van der Waals surface area contributed by atoms with E-state index in [1.54, 1.807) is 0 Å². The summed E-state index contributed by atoms with van der Waals surface area (Å²) in [6.07, 6.45) is 0. The third-order valence-electron chi connectivity index (χ3n) is 3.37. The molecule has 2 N–H and O–H groups in total. The molecule has 0 fully saturated rings. The van der Waals surface area contributed by atoms with E-state index in [0.29, 0.717) is 0 Å². The highest BCUT2D eigenvalue weighted by atomic mass is 79.9. The summed E-state index contributed by atoms with van der Waals surface area (Å²) in [5.74, 6) is -0.0527. The lowest BCUT2D eigenvalue weighted by Crippen LogP contribution is -2.22. The number of amides is 1. The largest absolute Gasteiger partial charge is 0.376 e. The number of nitrogens with one attached hydrogen (secondary N) is 2. The smallest absolute Gasteiger partial charge is 0.243 e. The van der Waals surface area contributed by atoms with Crippen LogP contribution in [0.4, 0.5) is 11.4 Å². The van der Waals surface area contributed by atoms with Crippen molar-refractivity contribution in [3.63, 3.8) is 0 Å². The summed E-state index contributed by atoms with van der Waals surface area (Å²) < 4.78 is 1.01. The van der Waals surface area contributed by atoms with Crippen LogP contribution in [0.3, 0.4) is 0 Å². The third-order valence-corrected chi connectivity index (χ3v) is 3.86. The minimum Gasteiger partial charge on any atom is -0.376 e. The summed E-state index contributed by atoms with van der Waals surface area (Å²) in [7, 11) is 0. The number of aryl methyl sites for hydroxylation is 3. The van der Waals surface area contributed by atoms with Gasteiger partial charge < -0.3 is 10.6 Å². The summed E-state index contributed by atoms with van der Waals surface area (Å²) >= 11 is 3.41. The van der Waals surface area contributed by atoms with Crippen LogP contribution in [-0.4, -0.2) is 12.5 Å². The Hall–Kier alpha value is -1.81. The van der Waals surface area contributed by atoms with E-state index in [-0.39, 0.29) is 12.5 Å². The Balaban J connectivity index is 1.99. The molecule has 0 saturated heterocycles. The van der Waals surface area contributed by atoms with E-state index in [4.69, 9.17) is 0 Å². The molecule has 0 unspecified atom stereocenters. The Morgan fingerprint density at radius 1 is 1.05 bits per heavy atom.